The van der Waals surface area contributed by atoms with Gasteiger partial charge in [0, 0.05) is 0 Å². The van der Waals surface area contributed by atoms with Crippen molar-refractivity contribution in [1.29, 1.82) is 0 Å². The van der Waals surface area contributed by atoms with E-state index in [9.17, 15) is 9.59 Å². The van der Waals surface area contributed by atoms with Crippen LogP contribution >= 0.6 is 0 Å². The Bertz CT molecular complexity index is 356. The zero-order valence-electron chi connectivity index (χ0n) is 15.6. The molecule has 0 N–H and O–H groups in total. The van der Waals surface area contributed by atoms with Gasteiger partial charge in [-0.1, -0.05) is 55.4 Å². The second-order valence-electron chi connectivity index (χ2n) is 7.83. The van der Waals surface area contributed by atoms with Crippen LogP contribution in [-0.2, 0) is 19.1 Å². The van der Waals surface area contributed by atoms with Gasteiger partial charge in [0.2, 0.25) is 0 Å². The molecule has 0 aromatic rings. The largest absolute Gasteiger partial charge is 0.465 e. The minimum Gasteiger partial charge on any atom is -0.465 e. The predicted octanol–water partition coefficient (Wildman–Crippen LogP) is 4.07. The quantitative estimate of drug-likeness (QED) is 0.602. The summed E-state index contributed by atoms with van der Waals surface area (Å²) in [7, 11) is 0. The molecule has 1 unspecified atom stereocenters. The van der Waals surface area contributed by atoms with Gasteiger partial charge in [-0.05, 0) is 23.2 Å². The van der Waals surface area contributed by atoms with Crippen LogP contribution in [0.4, 0.5) is 0 Å². The Balaban J connectivity index is 4.94. The average molecular weight is 314 g/mol. The van der Waals surface area contributed by atoms with E-state index in [4.69, 9.17) is 9.47 Å². The van der Waals surface area contributed by atoms with E-state index in [1.807, 2.05) is 41.5 Å². The Morgan fingerprint density at radius 2 is 1.32 bits per heavy atom. The summed E-state index contributed by atoms with van der Waals surface area (Å²) in [6.45, 7) is 16.9. The molecule has 0 aliphatic heterocycles. The highest BCUT2D eigenvalue weighted by atomic mass is 16.5. The minimum atomic E-state index is -0.481. The van der Waals surface area contributed by atoms with Gasteiger partial charge < -0.3 is 9.47 Å². The summed E-state index contributed by atoms with van der Waals surface area (Å²) in [5, 5.41) is 0. The summed E-state index contributed by atoms with van der Waals surface area (Å²) in [6, 6.07) is 0. The van der Waals surface area contributed by atoms with Gasteiger partial charge in [0.1, 0.15) is 0 Å². The highest BCUT2D eigenvalue weighted by Gasteiger charge is 2.40. The number of carbonyl (C=O) groups excluding carboxylic acids is 2. The first-order valence-electron chi connectivity index (χ1n) is 8.30. The van der Waals surface area contributed by atoms with Crippen LogP contribution in [-0.4, -0.2) is 25.2 Å². The van der Waals surface area contributed by atoms with Gasteiger partial charge in [-0.15, -0.1) is 0 Å². The van der Waals surface area contributed by atoms with Crippen LogP contribution in [0.5, 0.6) is 0 Å². The van der Waals surface area contributed by atoms with Crippen molar-refractivity contribution in [3.05, 3.63) is 0 Å². The molecule has 0 heterocycles. The standard InChI is InChI=1S/C18H34O4/c1-12(2)10-21-16(19)9-15(18(7,8)14(5)6)17(20)22-11-13(3)4/h12-15H,9-11H2,1-8H3. The maximum Gasteiger partial charge on any atom is 0.310 e. The van der Waals surface area contributed by atoms with Gasteiger partial charge in [-0.2, -0.15) is 0 Å². The van der Waals surface area contributed by atoms with Crippen LogP contribution in [0.3, 0.4) is 0 Å². The molecular formula is C18H34O4. The average Bonchev–Trinajstić information content (AvgIpc) is 2.39. The van der Waals surface area contributed by atoms with E-state index in [-0.39, 0.29) is 41.5 Å². The van der Waals surface area contributed by atoms with Gasteiger partial charge >= 0.3 is 11.9 Å². The molecule has 0 aromatic carbocycles. The van der Waals surface area contributed by atoms with Crippen molar-refractivity contribution in [1.82, 2.24) is 0 Å². The number of carbonyl (C=O) groups is 2. The van der Waals surface area contributed by atoms with Gasteiger partial charge in [0.05, 0.1) is 25.6 Å². The number of rotatable bonds is 9. The zero-order chi connectivity index (χ0) is 17.5. The van der Waals surface area contributed by atoms with Crippen LogP contribution in [0.25, 0.3) is 0 Å². The second-order valence-corrected chi connectivity index (χ2v) is 7.83. The highest BCUT2D eigenvalue weighted by molar-refractivity contribution is 5.80. The molecule has 130 valence electrons. The Hall–Kier alpha value is -1.06. The summed E-state index contributed by atoms with van der Waals surface area (Å²) < 4.78 is 10.6. The van der Waals surface area contributed by atoms with Crippen LogP contribution in [0.2, 0.25) is 0 Å². The summed E-state index contributed by atoms with van der Waals surface area (Å²) in [5.74, 6) is -0.288. The fourth-order valence-corrected chi connectivity index (χ4v) is 1.89. The molecule has 0 fully saturated rings. The number of hydrogen-bond acceptors (Lipinski definition) is 4. The normalized spacial score (nSPS) is 13.6. The maximum absolute atomic E-state index is 12.4. The lowest BCUT2D eigenvalue weighted by molar-refractivity contribution is -0.162. The first-order valence-corrected chi connectivity index (χ1v) is 8.30. The Morgan fingerprint density at radius 1 is 0.864 bits per heavy atom. The number of hydrogen-bond donors (Lipinski definition) is 0. The van der Waals surface area contributed by atoms with Crippen LogP contribution in [0.15, 0.2) is 0 Å². The predicted molar refractivity (Wildman–Crippen MR) is 88.3 cm³/mol. The minimum absolute atomic E-state index is 0.0782. The van der Waals surface area contributed by atoms with E-state index in [1.165, 1.54) is 0 Å². The van der Waals surface area contributed by atoms with Crippen molar-refractivity contribution in [2.75, 3.05) is 13.2 Å². The molecule has 0 saturated carbocycles. The molecule has 4 heteroatoms. The van der Waals surface area contributed by atoms with E-state index < -0.39 is 5.92 Å². The third-order valence-corrected chi connectivity index (χ3v) is 4.18. The van der Waals surface area contributed by atoms with Crippen molar-refractivity contribution in [2.24, 2.45) is 29.1 Å². The van der Waals surface area contributed by atoms with E-state index >= 15 is 0 Å². The van der Waals surface area contributed by atoms with E-state index in [0.717, 1.165) is 0 Å². The smallest absolute Gasteiger partial charge is 0.310 e. The van der Waals surface area contributed by atoms with Crippen molar-refractivity contribution in [2.45, 2.75) is 61.8 Å². The summed E-state index contributed by atoms with van der Waals surface area (Å²) in [5.41, 5.74) is -0.328. The molecule has 0 aliphatic rings. The fourth-order valence-electron chi connectivity index (χ4n) is 1.89. The highest BCUT2D eigenvalue weighted by Crippen LogP contribution is 2.38. The Kier molecular flexibility index (Phi) is 8.72. The van der Waals surface area contributed by atoms with Crippen LogP contribution < -0.4 is 0 Å². The molecule has 4 nitrogen and oxygen atoms in total. The first-order chi connectivity index (χ1) is 9.98. The lowest BCUT2D eigenvalue weighted by atomic mass is 9.69. The molecule has 1 atom stereocenters. The van der Waals surface area contributed by atoms with Crippen molar-refractivity contribution < 1.29 is 19.1 Å². The number of esters is 2. The molecule has 0 rings (SSSR count). The van der Waals surface area contributed by atoms with Gasteiger partial charge in [0.15, 0.2) is 0 Å². The first kappa shape index (κ1) is 20.9. The Labute approximate surface area is 135 Å². The third-order valence-electron chi connectivity index (χ3n) is 4.18. The molecule has 0 aromatic heterocycles. The van der Waals surface area contributed by atoms with E-state index in [1.54, 1.807) is 0 Å². The second kappa shape index (κ2) is 9.16. The van der Waals surface area contributed by atoms with E-state index in [0.29, 0.717) is 13.2 Å². The third kappa shape index (κ3) is 7.28. The van der Waals surface area contributed by atoms with Crippen LogP contribution in [0.1, 0.15) is 61.8 Å². The van der Waals surface area contributed by atoms with Gasteiger partial charge in [-0.3, -0.25) is 9.59 Å². The molecule has 0 bridgehead atoms. The molecule has 0 spiro atoms. The molecule has 0 saturated heterocycles. The van der Waals surface area contributed by atoms with Gasteiger partial charge in [0.25, 0.3) is 0 Å². The summed E-state index contributed by atoms with van der Waals surface area (Å²) in [6.07, 6.45) is 0.0782. The number of ether oxygens (including phenoxy) is 2. The monoisotopic (exact) mass is 314 g/mol. The topological polar surface area (TPSA) is 52.6 Å². The molecule has 22 heavy (non-hydrogen) atoms. The lowest BCUT2D eigenvalue weighted by Crippen LogP contribution is -2.38. The van der Waals surface area contributed by atoms with Gasteiger partial charge in [-0.25, -0.2) is 0 Å². The summed E-state index contributed by atoms with van der Waals surface area (Å²) in [4.78, 5) is 24.5. The van der Waals surface area contributed by atoms with Crippen molar-refractivity contribution in [3.8, 4) is 0 Å². The molecule has 0 radical (unpaired) electrons. The maximum atomic E-state index is 12.4. The molecule has 0 amide bonds. The van der Waals surface area contributed by atoms with Crippen LogP contribution in [0, 0.1) is 29.1 Å². The molecular weight excluding hydrogens is 280 g/mol. The van der Waals surface area contributed by atoms with E-state index in [2.05, 4.69) is 13.8 Å². The van der Waals surface area contributed by atoms with Crippen molar-refractivity contribution in [3.63, 3.8) is 0 Å². The fraction of sp³-hybridized carbons (Fsp3) is 0.889. The lowest BCUT2D eigenvalue weighted by Gasteiger charge is -2.36. The SMILES string of the molecule is CC(C)COC(=O)CC(C(=O)OCC(C)C)C(C)(C)C(C)C. The summed E-state index contributed by atoms with van der Waals surface area (Å²) >= 11 is 0. The van der Waals surface area contributed by atoms with Crippen molar-refractivity contribution >= 4 is 11.9 Å². The Morgan fingerprint density at radius 3 is 1.73 bits per heavy atom. The molecule has 0 aliphatic carbocycles. The zero-order valence-corrected chi connectivity index (χ0v) is 15.6.